The molecule has 0 atom stereocenters. The number of piperidine rings is 1. The minimum atomic E-state index is -1.46. The molecule has 1 aliphatic rings. The zero-order valence-electron chi connectivity index (χ0n) is 12.1. The minimum Gasteiger partial charge on any atom is -0.504 e. The van der Waals surface area contributed by atoms with Gasteiger partial charge in [0.15, 0.2) is 11.6 Å². The van der Waals surface area contributed by atoms with Crippen LogP contribution in [-0.2, 0) is 0 Å². The van der Waals surface area contributed by atoms with Gasteiger partial charge in [0.05, 0.1) is 0 Å². The molecule has 1 fully saturated rings. The van der Waals surface area contributed by atoms with Gasteiger partial charge in [-0.2, -0.15) is 0 Å². The van der Waals surface area contributed by atoms with Crippen LogP contribution >= 0.6 is 0 Å². The Morgan fingerprint density at radius 3 is 2.57 bits per heavy atom. The molecule has 108 valence electrons. The van der Waals surface area contributed by atoms with Gasteiger partial charge in [-0.1, -0.05) is 0 Å². The summed E-state index contributed by atoms with van der Waals surface area (Å²) in [6.45, 7) is 2.88. The molecule has 0 aromatic heterocycles. The molecule has 1 N–H and O–H groups in total. The van der Waals surface area contributed by atoms with E-state index >= 15 is 0 Å². The van der Waals surface area contributed by atoms with E-state index in [1.165, 1.54) is 19.1 Å². The maximum Gasteiger partial charge on any atom is 0.321 e. The predicted molar refractivity (Wildman–Crippen MR) is 81.4 cm³/mol. The number of halogens is 1. The Bertz CT molecular complexity index is 514. The fraction of sp³-hybridized carbons (Fsp3) is 0.500. The van der Waals surface area contributed by atoms with Gasteiger partial charge in [-0.05, 0) is 38.3 Å². The van der Waals surface area contributed by atoms with Crippen molar-refractivity contribution in [2.45, 2.75) is 31.6 Å². The molecular weight excluding hydrogens is 269 g/mol. The number of carbonyl (C=O) groups is 1. The number of nitrogens with zero attached hydrogens (tertiary/aromatic N) is 1. The number of carbonyl (C=O) groups excluding carboxylic acids is 1. The van der Waals surface area contributed by atoms with Gasteiger partial charge in [0.2, 0.25) is 0 Å². The highest BCUT2D eigenvalue weighted by Gasteiger charge is 2.18. The molecule has 4 nitrogen and oxygen atoms in total. The van der Waals surface area contributed by atoms with Crippen LogP contribution in [0.15, 0.2) is 18.2 Å². The van der Waals surface area contributed by atoms with Crippen molar-refractivity contribution < 1.29 is 13.9 Å². The summed E-state index contributed by atoms with van der Waals surface area (Å²) in [7, 11) is 10.9. The first-order valence-electron chi connectivity index (χ1n) is 6.97. The Balaban J connectivity index is 2.01. The summed E-state index contributed by atoms with van der Waals surface area (Å²) in [6, 6.07) is 3.90. The number of likely N-dealkylation sites (tertiary alicyclic amines) is 1. The van der Waals surface area contributed by atoms with Crippen LogP contribution in [0, 0.1) is 5.82 Å². The summed E-state index contributed by atoms with van der Waals surface area (Å²) in [4.78, 5) is 13.7. The zero-order valence-corrected chi connectivity index (χ0v) is 12.1. The third kappa shape index (κ3) is 4.69. The molecule has 0 spiro atoms. The number of hydrogen-bond acceptors (Lipinski definition) is 2. The number of rotatable bonds is 3. The molecule has 0 aliphatic carbocycles. The average Bonchev–Trinajstić information content (AvgIpc) is 2.41. The topological polar surface area (TPSA) is 41.6 Å². The van der Waals surface area contributed by atoms with E-state index in [-0.39, 0.29) is 11.8 Å². The summed E-state index contributed by atoms with van der Waals surface area (Å²) in [6.07, 6.45) is 3.14. The molecule has 0 unspecified atom stereocenters. The smallest absolute Gasteiger partial charge is 0.321 e. The monoisotopic (exact) mass is 286 g/mol. The first kappa shape index (κ1) is 15.7. The molecule has 1 heterocycles. The molecule has 2 rings (SSSR count). The number of ether oxygens (including phenoxy) is 1. The van der Waals surface area contributed by atoms with Gasteiger partial charge < -0.3 is 15.0 Å². The van der Waals surface area contributed by atoms with Crippen molar-refractivity contribution in [1.82, 2.24) is 4.90 Å². The van der Waals surface area contributed by atoms with Crippen LogP contribution in [-0.4, -0.2) is 45.1 Å². The molecule has 4 radical (unpaired) electrons. The molecule has 21 heavy (non-hydrogen) atoms. The molecule has 1 aromatic carbocycles. The van der Waals surface area contributed by atoms with Gasteiger partial charge in [0.1, 0.15) is 15.7 Å². The third-order valence-electron chi connectivity index (χ3n) is 3.16. The lowest BCUT2D eigenvalue weighted by Gasteiger charge is -2.27. The Morgan fingerprint density at radius 1 is 1.33 bits per heavy atom. The van der Waals surface area contributed by atoms with Gasteiger partial charge >= 0.3 is 6.03 Å². The molecule has 1 aliphatic heterocycles. The molecular formula is C14H17B2FN2O2. The van der Waals surface area contributed by atoms with Gasteiger partial charge in [-0.25, -0.2) is 9.18 Å². The molecule has 1 saturated heterocycles. The average molecular weight is 286 g/mol. The lowest BCUT2D eigenvalue weighted by Crippen LogP contribution is -2.38. The Kier molecular flexibility index (Phi) is 4.80. The number of urea groups is 1. The first-order chi connectivity index (χ1) is 9.85. The second-order valence-corrected chi connectivity index (χ2v) is 5.41. The molecule has 1 aromatic rings. The number of hydrogen-bond donors (Lipinski definition) is 1. The van der Waals surface area contributed by atoms with E-state index in [4.69, 9.17) is 20.4 Å². The number of nitrogens with one attached hydrogen (secondary N) is 1. The van der Waals surface area contributed by atoms with E-state index in [9.17, 15) is 9.18 Å². The molecule has 0 bridgehead atoms. The summed E-state index contributed by atoms with van der Waals surface area (Å²) in [5.74, 6) is -0.688. The summed E-state index contributed by atoms with van der Waals surface area (Å²) in [5.41, 5.74) is 0.367. The van der Waals surface area contributed by atoms with Gasteiger partial charge in [0, 0.05) is 30.2 Å². The molecule has 7 heteroatoms. The zero-order chi connectivity index (χ0) is 15.5. The lowest BCUT2D eigenvalue weighted by molar-refractivity contribution is 0.200. The largest absolute Gasteiger partial charge is 0.504 e. The third-order valence-corrected chi connectivity index (χ3v) is 3.16. The Labute approximate surface area is 126 Å². The summed E-state index contributed by atoms with van der Waals surface area (Å²) >= 11 is 0. The summed E-state index contributed by atoms with van der Waals surface area (Å²) in [5, 5.41) is 1.21. The number of benzene rings is 1. The van der Waals surface area contributed by atoms with Crippen LogP contribution in [0.2, 0.25) is 0 Å². The maximum absolute atomic E-state index is 13.9. The second kappa shape index (κ2) is 6.41. The van der Waals surface area contributed by atoms with Crippen LogP contribution in [0.4, 0.5) is 14.9 Å². The van der Waals surface area contributed by atoms with Crippen molar-refractivity contribution in [1.29, 1.82) is 0 Å². The maximum atomic E-state index is 13.9. The van der Waals surface area contributed by atoms with E-state index in [2.05, 4.69) is 5.32 Å². The van der Waals surface area contributed by atoms with E-state index in [0.29, 0.717) is 5.69 Å². The van der Waals surface area contributed by atoms with E-state index < -0.39 is 11.2 Å². The number of amides is 2. The van der Waals surface area contributed by atoms with Gasteiger partial charge in [-0.3, -0.25) is 0 Å². The first-order valence-corrected chi connectivity index (χ1v) is 6.97. The normalized spacial score (nSPS) is 15.6. The fourth-order valence-corrected chi connectivity index (χ4v) is 2.20. The Morgan fingerprint density at radius 2 is 2.00 bits per heavy atom. The van der Waals surface area contributed by atoms with Crippen LogP contribution in [0.3, 0.4) is 0 Å². The minimum absolute atomic E-state index is 0.0570. The van der Waals surface area contributed by atoms with Crippen molar-refractivity contribution >= 4 is 27.4 Å². The second-order valence-electron chi connectivity index (χ2n) is 5.41. The van der Waals surface area contributed by atoms with E-state index in [0.717, 1.165) is 32.4 Å². The van der Waals surface area contributed by atoms with Crippen LogP contribution in [0.1, 0.15) is 26.2 Å². The molecule has 0 saturated carbocycles. The quantitative estimate of drug-likeness (QED) is 0.866. The van der Waals surface area contributed by atoms with Crippen molar-refractivity contribution in [2.24, 2.45) is 0 Å². The fourth-order valence-electron chi connectivity index (χ4n) is 2.20. The van der Waals surface area contributed by atoms with E-state index in [1.54, 1.807) is 11.0 Å². The van der Waals surface area contributed by atoms with Crippen molar-refractivity contribution in [2.75, 3.05) is 18.4 Å². The Hall–Kier alpha value is -1.65. The van der Waals surface area contributed by atoms with Crippen molar-refractivity contribution in [3.8, 4) is 5.75 Å². The predicted octanol–water partition coefficient (Wildman–Crippen LogP) is 2.23. The highest BCUT2D eigenvalue weighted by molar-refractivity contribution is 6.38. The van der Waals surface area contributed by atoms with Crippen LogP contribution in [0.5, 0.6) is 5.75 Å². The SMILES string of the molecule is [B]C([B])(C)Oc1ccc(NC(=O)N2CCCCC2)cc1F. The lowest BCUT2D eigenvalue weighted by atomic mass is 9.67. The number of anilines is 1. The standard InChI is InChI=1S/C14H17B2FN2O2/c1-14(15,16)21-12-6-5-10(9-11(12)17)18-13(20)19-7-3-2-4-8-19/h5-6,9H,2-4,7-8H2,1H3,(H,18,20). The van der Waals surface area contributed by atoms with E-state index in [1.807, 2.05) is 0 Å². The van der Waals surface area contributed by atoms with Crippen LogP contribution in [0.25, 0.3) is 0 Å². The molecule has 2 amide bonds. The highest BCUT2D eigenvalue weighted by atomic mass is 19.1. The summed E-state index contributed by atoms with van der Waals surface area (Å²) < 4.78 is 18.9. The van der Waals surface area contributed by atoms with Crippen LogP contribution < -0.4 is 10.1 Å². The van der Waals surface area contributed by atoms with Gasteiger partial charge in [-0.15, -0.1) is 0 Å². The van der Waals surface area contributed by atoms with Crippen molar-refractivity contribution in [3.05, 3.63) is 24.0 Å². The van der Waals surface area contributed by atoms with Crippen molar-refractivity contribution in [3.63, 3.8) is 0 Å². The highest BCUT2D eigenvalue weighted by Crippen LogP contribution is 2.24. The van der Waals surface area contributed by atoms with Gasteiger partial charge in [0.25, 0.3) is 0 Å².